The molecule has 1 amide bonds. The lowest BCUT2D eigenvalue weighted by atomic mass is 10.1. The standard InChI is InChI=1S/C16H17N3O3S2/c1-10-3-4-11(2)12(7-10)19-13-8-24(21,22)9-14(13)23-16(19)18-15(20)5-6-17/h3-4,7,13-14H,5,8-9H2,1-2H3/t13-,14+/m1/s1. The number of anilines is 1. The number of sulfone groups is 1. The van der Waals surface area contributed by atoms with E-state index in [-0.39, 0.29) is 29.2 Å². The van der Waals surface area contributed by atoms with Crippen LogP contribution in [0.2, 0.25) is 0 Å². The zero-order chi connectivity index (χ0) is 17.5. The van der Waals surface area contributed by atoms with Crippen LogP contribution in [0.3, 0.4) is 0 Å². The molecule has 2 heterocycles. The fourth-order valence-corrected chi connectivity index (χ4v) is 6.96. The molecular formula is C16H17N3O3S2. The van der Waals surface area contributed by atoms with Gasteiger partial charge in [0.2, 0.25) is 0 Å². The average Bonchev–Trinajstić information content (AvgIpc) is 2.93. The Labute approximate surface area is 145 Å². The van der Waals surface area contributed by atoms with Crippen LogP contribution in [0.25, 0.3) is 0 Å². The molecule has 0 radical (unpaired) electrons. The first-order valence-corrected chi connectivity index (χ1v) is 10.2. The maximum absolute atomic E-state index is 12.0. The van der Waals surface area contributed by atoms with Crippen molar-refractivity contribution in [3.8, 4) is 6.07 Å². The summed E-state index contributed by atoms with van der Waals surface area (Å²) in [7, 11) is -3.09. The molecule has 0 aromatic heterocycles. The second-order valence-corrected chi connectivity index (χ2v) is 9.44. The van der Waals surface area contributed by atoms with Gasteiger partial charge in [-0.25, -0.2) is 8.42 Å². The summed E-state index contributed by atoms with van der Waals surface area (Å²) < 4.78 is 24.0. The fourth-order valence-electron chi connectivity index (χ4n) is 3.04. The number of thioether (sulfide) groups is 1. The first-order chi connectivity index (χ1) is 11.3. The quantitative estimate of drug-likeness (QED) is 0.796. The summed E-state index contributed by atoms with van der Waals surface area (Å²) in [6, 6.07) is 7.51. The van der Waals surface area contributed by atoms with Crippen LogP contribution in [0.5, 0.6) is 0 Å². The molecule has 2 atom stereocenters. The summed E-state index contributed by atoms with van der Waals surface area (Å²) in [4.78, 5) is 17.8. The smallest absolute Gasteiger partial charge is 0.262 e. The molecular weight excluding hydrogens is 346 g/mol. The predicted molar refractivity (Wildman–Crippen MR) is 94.9 cm³/mol. The lowest BCUT2D eigenvalue weighted by Crippen LogP contribution is -2.38. The van der Waals surface area contributed by atoms with E-state index in [0.717, 1.165) is 16.8 Å². The number of amidine groups is 1. The number of carbonyl (C=O) groups excluding carboxylic acids is 1. The molecule has 2 saturated heterocycles. The van der Waals surface area contributed by atoms with E-state index in [2.05, 4.69) is 4.99 Å². The molecule has 2 aliphatic rings. The third-order valence-electron chi connectivity index (χ3n) is 4.14. The van der Waals surface area contributed by atoms with Crippen molar-refractivity contribution < 1.29 is 13.2 Å². The van der Waals surface area contributed by atoms with Crippen molar-refractivity contribution >= 4 is 38.4 Å². The maximum Gasteiger partial charge on any atom is 0.262 e. The molecule has 0 spiro atoms. The topological polar surface area (TPSA) is 90.6 Å². The van der Waals surface area contributed by atoms with Crippen LogP contribution in [0, 0.1) is 25.2 Å². The van der Waals surface area contributed by atoms with E-state index >= 15 is 0 Å². The van der Waals surface area contributed by atoms with E-state index in [1.165, 1.54) is 11.8 Å². The van der Waals surface area contributed by atoms with Gasteiger partial charge in [-0.3, -0.25) is 4.79 Å². The molecule has 2 aliphatic heterocycles. The lowest BCUT2D eigenvalue weighted by molar-refractivity contribution is -0.116. The first kappa shape index (κ1) is 17.0. The van der Waals surface area contributed by atoms with Crippen LogP contribution in [-0.4, -0.2) is 42.3 Å². The van der Waals surface area contributed by atoms with Gasteiger partial charge in [0, 0.05) is 10.9 Å². The number of nitriles is 1. The van der Waals surface area contributed by atoms with E-state index in [1.54, 1.807) is 6.07 Å². The predicted octanol–water partition coefficient (Wildman–Crippen LogP) is 1.82. The van der Waals surface area contributed by atoms with E-state index in [9.17, 15) is 13.2 Å². The van der Waals surface area contributed by atoms with Gasteiger partial charge in [-0.2, -0.15) is 10.3 Å². The van der Waals surface area contributed by atoms with Gasteiger partial charge in [-0.1, -0.05) is 23.9 Å². The lowest BCUT2D eigenvalue weighted by Gasteiger charge is -2.26. The molecule has 0 aliphatic carbocycles. The highest BCUT2D eigenvalue weighted by molar-refractivity contribution is 8.16. The molecule has 0 unspecified atom stereocenters. The first-order valence-electron chi connectivity index (χ1n) is 7.53. The summed E-state index contributed by atoms with van der Waals surface area (Å²) in [6.45, 7) is 3.91. The second kappa shape index (κ2) is 6.22. The minimum absolute atomic E-state index is 0.0590. The zero-order valence-corrected chi connectivity index (χ0v) is 15.0. The second-order valence-electron chi connectivity index (χ2n) is 6.08. The number of benzene rings is 1. The SMILES string of the molecule is Cc1ccc(C)c(N2C(=NC(=O)CC#N)S[C@H]3CS(=O)(=O)C[C@H]32)c1. The van der Waals surface area contributed by atoms with Crippen LogP contribution in [0.4, 0.5) is 5.69 Å². The summed E-state index contributed by atoms with van der Waals surface area (Å²) in [5.74, 6) is -0.350. The van der Waals surface area contributed by atoms with E-state index in [0.29, 0.717) is 5.17 Å². The summed E-state index contributed by atoms with van der Waals surface area (Å²) in [6.07, 6.45) is -0.279. The number of fused-ring (bicyclic) bond motifs is 1. The molecule has 8 heteroatoms. The highest BCUT2D eigenvalue weighted by Gasteiger charge is 2.49. The van der Waals surface area contributed by atoms with Gasteiger partial charge >= 0.3 is 0 Å². The van der Waals surface area contributed by atoms with Crippen molar-refractivity contribution in [2.45, 2.75) is 31.6 Å². The Morgan fingerprint density at radius 3 is 2.88 bits per heavy atom. The Morgan fingerprint density at radius 2 is 2.17 bits per heavy atom. The fraction of sp³-hybridized carbons (Fsp3) is 0.438. The molecule has 6 nitrogen and oxygen atoms in total. The van der Waals surface area contributed by atoms with Crippen molar-refractivity contribution in [3.05, 3.63) is 29.3 Å². The number of aryl methyl sites for hydroxylation is 2. The number of amides is 1. The van der Waals surface area contributed by atoms with Gasteiger partial charge in [-0.05, 0) is 31.0 Å². The third kappa shape index (κ3) is 3.19. The Bertz CT molecular complexity index is 871. The zero-order valence-electron chi connectivity index (χ0n) is 13.4. The number of rotatable bonds is 2. The number of carbonyl (C=O) groups is 1. The van der Waals surface area contributed by atoms with Crippen molar-refractivity contribution in [1.29, 1.82) is 5.26 Å². The van der Waals surface area contributed by atoms with Crippen LogP contribution in [0.15, 0.2) is 23.2 Å². The highest BCUT2D eigenvalue weighted by atomic mass is 32.2. The van der Waals surface area contributed by atoms with Crippen molar-refractivity contribution in [1.82, 2.24) is 0 Å². The van der Waals surface area contributed by atoms with Gasteiger partial charge in [-0.15, -0.1) is 0 Å². The molecule has 24 heavy (non-hydrogen) atoms. The molecule has 1 aromatic carbocycles. The molecule has 3 rings (SSSR count). The Balaban J connectivity index is 2.06. The van der Waals surface area contributed by atoms with E-state index in [4.69, 9.17) is 5.26 Å². The Morgan fingerprint density at radius 1 is 1.42 bits per heavy atom. The maximum atomic E-state index is 12.0. The van der Waals surface area contributed by atoms with Crippen molar-refractivity contribution in [2.24, 2.45) is 4.99 Å². The number of hydrogen-bond acceptors (Lipinski definition) is 5. The molecule has 0 saturated carbocycles. The third-order valence-corrected chi connectivity index (χ3v) is 7.35. The molecule has 126 valence electrons. The summed E-state index contributed by atoms with van der Waals surface area (Å²) in [5, 5.41) is 9.02. The highest BCUT2D eigenvalue weighted by Crippen LogP contribution is 2.42. The average molecular weight is 363 g/mol. The van der Waals surface area contributed by atoms with Crippen LogP contribution < -0.4 is 4.90 Å². The van der Waals surface area contributed by atoms with E-state index in [1.807, 2.05) is 36.9 Å². The molecule has 0 bridgehead atoms. The van der Waals surface area contributed by atoms with Crippen LogP contribution >= 0.6 is 11.8 Å². The molecule has 2 fully saturated rings. The monoisotopic (exact) mass is 363 g/mol. The Kier molecular flexibility index (Phi) is 4.40. The number of nitrogens with zero attached hydrogens (tertiary/aromatic N) is 3. The Hall–Kier alpha value is -1.85. The van der Waals surface area contributed by atoms with Crippen molar-refractivity contribution in [3.63, 3.8) is 0 Å². The number of aliphatic imine (C=N–C) groups is 1. The van der Waals surface area contributed by atoms with Gasteiger partial charge in [0.25, 0.3) is 5.91 Å². The van der Waals surface area contributed by atoms with Crippen LogP contribution in [-0.2, 0) is 14.6 Å². The van der Waals surface area contributed by atoms with Crippen molar-refractivity contribution in [2.75, 3.05) is 16.4 Å². The number of hydrogen-bond donors (Lipinski definition) is 0. The minimum Gasteiger partial charge on any atom is -0.315 e. The molecule has 1 aromatic rings. The van der Waals surface area contributed by atoms with Gasteiger partial charge < -0.3 is 4.90 Å². The van der Waals surface area contributed by atoms with Gasteiger partial charge in [0.05, 0.1) is 23.6 Å². The summed E-state index contributed by atoms with van der Waals surface area (Å²) >= 11 is 1.32. The summed E-state index contributed by atoms with van der Waals surface area (Å²) in [5.41, 5.74) is 2.91. The van der Waals surface area contributed by atoms with Gasteiger partial charge in [0.15, 0.2) is 15.0 Å². The van der Waals surface area contributed by atoms with Gasteiger partial charge in [0.1, 0.15) is 6.42 Å². The largest absolute Gasteiger partial charge is 0.315 e. The van der Waals surface area contributed by atoms with Crippen LogP contribution in [0.1, 0.15) is 17.5 Å². The normalized spacial score (nSPS) is 26.4. The molecule has 0 N–H and O–H groups in total. The minimum atomic E-state index is -3.09. The van der Waals surface area contributed by atoms with E-state index < -0.39 is 15.7 Å².